The Morgan fingerprint density at radius 1 is 0.375 bits per heavy atom. The van der Waals surface area contributed by atoms with E-state index in [1.54, 1.807) is 0 Å². The van der Waals surface area contributed by atoms with Crippen LogP contribution in [0.25, 0.3) is 66.4 Å². The topological polar surface area (TPSA) is 45.4 Å². The van der Waals surface area contributed by atoms with Gasteiger partial charge in [0.25, 0.3) is 0 Å². The summed E-state index contributed by atoms with van der Waals surface area (Å²) >= 11 is 0. The molecule has 2 aliphatic carbocycles. The third kappa shape index (κ3) is 6.34. The molecule has 0 saturated heterocycles. The lowest BCUT2D eigenvalue weighted by molar-refractivity contribution is 0.669. The van der Waals surface area contributed by atoms with Crippen molar-refractivity contribution in [2.24, 2.45) is 0 Å². The number of pyridine rings is 2. The van der Waals surface area contributed by atoms with Gasteiger partial charge in [-0.3, -0.25) is 9.97 Å². The predicted octanol–water partition coefficient (Wildman–Crippen LogP) is 17.6. The molecule has 0 aliphatic heterocycles. The van der Waals surface area contributed by atoms with Crippen LogP contribution < -0.4 is 9.80 Å². The van der Waals surface area contributed by atoms with Gasteiger partial charge in [0.2, 0.25) is 0 Å². The molecule has 14 rings (SSSR count). The summed E-state index contributed by atoms with van der Waals surface area (Å²) in [6, 6.07) is 83.6. The van der Waals surface area contributed by atoms with Gasteiger partial charge in [0, 0.05) is 39.4 Å². The Balaban J connectivity index is 1.06. The van der Waals surface area contributed by atoms with Gasteiger partial charge in [-0.1, -0.05) is 158 Å². The number of nitrogens with zero attached hydrogens (tertiary/aromatic N) is 4. The molecule has 5 heteroatoms. The fourth-order valence-electron chi connectivity index (χ4n) is 11.7. The van der Waals surface area contributed by atoms with Gasteiger partial charge in [0.1, 0.15) is 11.2 Å². The minimum Gasteiger partial charge on any atom is -0.455 e. The average molecular weight is 923 g/mol. The van der Waals surface area contributed by atoms with Gasteiger partial charge in [-0.15, -0.1) is 0 Å². The fourth-order valence-corrected chi connectivity index (χ4v) is 11.7. The molecule has 0 unspecified atom stereocenters. The van der Waals surface area contributed by atoms with Crippen LogP contribution >= 0.6 is 0 Å². The van der Waals surface area contributed by atoms with E-state index in [-0.39, 0.29) is 0 Å². The third-order valence-corrected chi connectivity index (χ3v) is 14.9. The summed E-state index contributed by atoms with van der Waals surface area (Å²) in [5.41, 5.74) is 23.2. The standard InChI is InChI=1S/C67H46N4O/c1-43-25-31-52(41-68-43)70(49-33-27-47(28-34-49)45-15-5-3-6-16-45)51-37-38-56-60(39-51)67(58-22-12-9-19-54(58)55-20-10-13-23-59(55)67)61-40-62(65-57-21-11-14-24-63(57)72-66(65)64(56)61)71(53-32-26-44(2)69-42-53)50-35-29-48(30-36-50)46-17-7-4-8-18-46/h3-42H,1-2H3. The molecule has 0 atom stereocenters. The molecule has 0 radical (unpaired) electrons. The highest BCUT2D eigenvalue weighted by molar-refractivity contribution is 6.20. The zero-order chi connectivity index (χ0) is 47.9. The van der Waals surface area contributed by atoms with Crippen molar-refractivity contribution in [3.63, 3.8) is 0 Å². The maximum atomic E-state index is 7.30. The molecule has 0 saturated carbocycles. The molecule has 0 fully saturated rings. The van der Waals surface area contributed by atoms with E-state index in [4.69, 9.17) is 14.4 Å². The molecule has 2 aliphatic rings. The second-order valence-electron chi connectivity index (χ2n) is 19.0. The number of para-hydroxylation sites is 1. The minimum atomic E-state index is -0.724. The third-order valence-electron chi connectivity index (χ3n) is 14.9. The summed E-state index contributed by atoms with van der Waals surface area (Å²) in [5, 5.41) is 2.11. The lowest BCUT2D eigenvalue weighted by Gasteiger charge is -2.33. The number of aromatic nitrogens is 2. The second kappa shape index (κ2) is 16.4. The van der Waals surface area contributed by atoms with Crippen LogP contribution in [0.3, 0.4) is 0 Å². The molecule has 340 valence electrons. The number of fused-ring (bicyclic) bond motifs is 14. The summed E-state index contributed by atoms with van der Waals surface area (Å²) in [6.07, 6.45) is 3.99. The van der Waals surface area contributed by atoms with Crippen molar-refractivity contribution in [3.8, 4) is 44.5 Å². The van der Waals surface area contributed by atoms with E-state index in [1.165, 1.54) is 44.5 Å². The van der Waals surface area contributed by atoms with Crippen LogP contribution in [0.1, 0.15) is 33.6 Å². The molecular weight excluding hydrogens is 877 g/mol. The second-order valence-corrected chi connectivity index (χ2v) is 19.0. The first-order valence-electron chi connectivity index (χ1n) is 24.6. The Labute approximate surface area is 418 Å². The molecule has 3 heterocycles. The Morgan fingerprint density at radius 2 is 0.861 bits per heavy atom. The number of hydrogen-bond acceptors (Lipinski definition) is 5. The summed E-state index contributed by atoms with van der Waals surface area (Å²) < 4.78 is 7.30. The van der Waals surface area contributed by atoms with E-state index in [0.29, 0.717) is 0 Å². The van der Waals surface area contributed by atoms with Crippen LogP contribution in [-0.4, -0.2) is 9.97 Å². The number of benzene rings is 9. The number of anilines is 6. The highest BCUT2D eigenvalue weighted by atomic mass is 16.3. The van der Waals surface area contributed by atoms with E-state index in [2.05, 4.69) is 240 Å². The molecule has 12 aromatic rings. The largest absolute Gasteiger partial charge is 0.455 e. The van der Waals surface area contributed by atoms with Crippen LogP contribution in [0.2, 0.25) is 0 Å². The quantitative estimate of drug-likeness (QED) is 0.152. The predicted molar refractivity (Wildman–Crippen MR) is 295 cm³/mol. The first-order valence-corrected chi connectivity index (χ1v) is 24.6. The SMILES string of the molecule is Cc1ccc(N(c2ccc(-c3ccccc3)cc2)c2ccc3c(c2)C2(c4ccccc4-c4ccccc42)c2cc(N(c4ccc(-c5ccccc5)cc4)c4ccc(C)nc4)c4c(oc5ccccc54)c2-3)cn1. The van der Waals surface area contributed by atoms with Gasteiger partial charge in [0.05, 0.1) is 40.3 Å². The van der Waals surface area contributed by atoms with Gasteiger partial charge in [-0.2, -0.15) is 0 Å². The monoisotopic (exact) mass is 922 g/mol. The zero-order valence-corrected chi connectivity index (χ0v) is 39.8. The van der Waals surface area contributed by atoms with Crippen molar-refractivity contribution in [2.45, 2.75) is 19.3 Å². The van der Waals surface area contributed by atoms with Gasteiger partial charge < -0.3 is 14.2 Å². The summed E-state index contributed by atoms with van der Waals surface area (Å²) in [5.74, 6) is 0. The van der Waals surface area contributed by atoms with E-state index in [9.17, 15) is 0 Å². The zero-order valence-electron chi connectivity index (χ0n) is 39.8. The average Bonchev–Trinajstić information content (AvgIpc) is 4.08. The molecular formula is C67H46N4O. The van der Waals surface area contributed by atoms with Crippen molar-refractivity contribution >= 4 is 56.1 Å². The van der Waals surface area contributed by atoms with Crippen molar-refractivity contribution in [1.29, 1.82) is 0 Å². The molecule has 0 bridgehead atoms. The Bertz CT molecular complexity index is 3990. The maximum absolute atomic E-state index is 7.30. The van der Waals surface area contributed by atoms with Gasteiger partial charge in [-0.25, -0.2) is 0 Å². The van der Waals surface area contributed by atoms with Crippen molar-refractivity contribution in [3.05, 3.63) is 277 Å². The first kappa shape index (κ1) is 41.6. The van der Waals surface area contributed by atoms with Gasteiger partial charge in [-0.05, 0) is 148 Å². The summed E-state index contributed by atoms with van der Waals surface area (Å²) in [6.45, 7) is 4.08. The van der Waals surface area contributed by atoms with Crippen LogP contribution in [0.4, 0.5) is 34.1 Å². The molecule has 5 nitrogen and oxygen atoms in total. The molecule has 1 spiro atoms. The first-order chi connectivity index (χ1) is 35.5. The number of hydrogen-bond donors (Lipinski definition) is 0. The van der Waals surface area contributed by atoms with E-state index < -0.39 is 5.41 Å². The fraction of sp³-hybridized carbons (Fsp3) is 0.0448. The molecule has 3 aromatic heterocycles. The molecule has 72 heavy (non-hydrogen) atoms. The smallest absolute Gasteiger partial charge is 0.145 e. The summed E-state index contributed by atoms with van der Waals surface area (Å²) in [4.78, 5) is 14.5. The molecule has 0 amide bonds. The van der Waals surface area contributed by atoms with Crippen LogP contribution in [0, 0.1) is 13.8 Å². The number of furan rings is 1. The van der Waals surface area contributed by atoms with E-state index in [1.807, 2.05) is 26.2 Å². The van der Waals surface area contributed by atoms with Gasteiger partial charge >= 0.3 is 0 Å². The maximum Gasteiger partial charge on any atom is 0.145 e. The lowest BCUT2D eigenvalue weighted by Crippen LogP contribution is -2.26. The summed E-state index contributed by atoms with van der Waals surface area (Å²) in [7, 11) is 0. The van der Waals surface area contributed by atoms with E-state index in [0.717, 1.165) is 89.7 Å². The Morgan fingerprint density at radius 3 is 1.44 bits per heavy atom. The Hall–Kier alpha value is -9.32. The highest BCUT2D eigenvalue weighted by Crippen LogP contribution is 2.66. The highest BCUT2D eigenvalue weighted by Gasteiger charge is 2.53. The van der Waals surface area contributed by atoms with Crippen LogP contribution in [0.5, 0.6) is 0 Å². The Kier molecular flexibility index (Phi) is 9.48. The van der Waals surface area contributed by atoms with Crippen LogP contribution in [-0.2, 0) is 5.41 Å². The number of rotatable bonds is 8. The van der Waals surface area contributed by atoms with Crippen molar-refractivity contribution in [2.75, 3.05) is 9.80 Å². The van der Waals surface area contributed by atoms with Crippen molar-refractivity contribution < 1.29 is 4.42 Å². The van der Waals surface area contributed by atoms with E-state index >= 15 is 0 Å². The normalized spacial score (nSPS) is 12.7. The number of aryl methyl sites for hydroxylation is 2. The van der Waals surface area contributed by atoms with Crippen molar-refractivity contribution in [1.82, 2.24) is 9.97 Å². The lowest BCUT2D eigenvalue weighted by atomic mass is 9.70. The minimum absolute atomic E-state index is 0.724. The van der Waals surface area contributed by atoms with Gasteiger partial charge in [0.15, 0.2) is 0 Å². The molecule has 9 aromatic carbocycles. The molecule has 0 N–H and O–H groups in total. The van der Waals surface area contributed by atoms with Crippen LogP contribution in [0.15, 0.2) is 247 Å².